The summed E-state index contributed by atoms with van der Waals surface area (Å²) in [6.45, 7) is 0. The second-order valence-electron chi connectivity index (χ2n) is 7.09. The van der Waals surface area contributed by atoms with Gasteiger partial charge in [-0.1, -0.05) is 57.7 Å². The molecular weight excluding hydrogens is 710 g/mol. The highest BCUT2D eigenvalue weighted by molar-refractivity contribution is 7.90. The first-order chi connectivity index (χ1) is 17.5. The van der Waals surface area contributed by atoms with Crippen LogP contribution in [0.1, 0.15) is 0 Å². The molecule has 39 heavy (non-hydrogen) atoms. The van der Waals surface area contributed by atoms with Gasteiger partial charge in [0.15, 0.2) is 0 Å². The molecule has 0 radical (unpaired) electrons. The zero-order valence-corrected chi connectivity index (χ0v) is 25.3. The molecular formula is C14H12Cl4N8O8S5. The minimum absolute atomic E-state index is 0.218. The number of hydrogen-bond acceptors (Lipinski definition) is 13. The molecule has 1 heterocycles. The zero-order valence-electron chi connectivity index (χ0n) is 18.2. The Balaban J connectivity index is 2.12. The summed E-state index contributed by atoms with van der Waals surface area (Å²) in [5.74, 6) is 0. The van der Waals surface area contributed by atoms with Crippen LogP contribution in [0.3, 0.4) is 0 Å². The highest BCUT2D eigenvalue weighted by Gasteiger charge is 2.29. The summed E-state index contributed by atoms with van der Waals surface area (Å²) in [4.78, 5) is -3.30. The number of nitrogens with zero attached hydrogens (tertiary/aromatic N) is 2. The highest BCUT2D eigenvalue weighted by atomic mass is 35.5. The molecule has 0 aliphatic rings. The van der Waals surface area contributed by atoms with E-state index in [0.717, 1.165) is 0 Å². The first-order valence-corrected chi connectivity index (χ1v) is 17.6. The molecule has 0 aliphatic carbocycles. The van der Waals surface area contributed by atoms with Gasteiger partial charge in [-0.05, 0) is 12.1 Å². The van der Waals surface area contributed by atoms with Crippen molar-refractivity contribution in [3.05, 3.63) is 32.2 Å². The van der Waals surface area contributed by atoms with Gasteiger partial charge in [-0.3, -0.25) is 0 Å². The van der Waals surface area contributed by atoms with Gasteiger partial charge in [-0.15, -0.1) is 10.2 Å². The molecule has 0 amide bonds. The van der Waals surface area contributed by atoms with Gasteiger partial charge >= 0.3 is 0 Å². The summed E-state index contributed by atoms with van der Waals surface area (Å²) in [5, 5.41) is 29.9. The van der Waals surface area contributed by atoms with Crippen LogP contribution in [0.4, 0.5) is 21.6 Å². The average molecular weight is 722 g/mol. The summed E-state index contributed by atoms with van der Waals surface area (Å²) >= 11 is 24.7. The quantitative estimate of drug-likeness (QED) is 0.191. The fraction of sp³-hybridized carbons (Fsp3) is 0. The molecule has 10 N–H and O–H groups in total. The number of sulfonamides is 4. The van der Waals surface area contributed by atoms with E-state index >= 15 is 0 Å². The third kappa shape index (κ3) is 6.83. The van der Waals surface area contributed by atoms with Gasteiger partial charge in [0.05, 0.1) is 31.5 Å². The van der Waals surface area contributed by atoms with Gasteiger partial charge in [-0.25, -0.2) is 54.2 Å². The van der Waals surface area contributed by atoms with E-state index in [4.69, 9.17) is 67.0 Å². The first-order valence-electron chi connectivity index (χ1n) is 9.06. The summed E-state index contributed by atoms with van der Waals surface area (Å²) in [7, 11) is -18.3. The van der Waals surface area contributed by atoms with Crippen LogP contribution in [0.2, 0.25) is 20.1 Å². The molecule has 0 aliphatic heterocycles. The van der Waals surface area contributed by atoms with Crippen molar-refractivity contribution in [3.63, 3.8) is 0 Å². The van der Waals surface area contributed by atoms with Crippen molar-refractivity contribution in [2.24, 2.45) is 20.6 Å². The molecule has 214 valence electrons. The van der Waals surface area contributed by atoms with Gasteiger partial charge in [0.1, 0.15) is 19.6 Å². The molecule has 0 unspecified atom stereocenters. The largest absolute Gasteiger partial charge is 0.328 e. The number of aromatic nitrogens is 2. The topological polar surface area (TPSA) is 290 Å². The van der Waals surface area contributed by atoms with Crippen LogP contribution in [0.25, 0.3) is 0 Å². The summed E-state index contributed by atoms with van der Waals surface area (Å²) in [6, 6.07) is 1.16. The first kappa shape index (κ1) is 31.9. The number of primary sulfonamides is 4. The zero-order chi connectivity index (χ0) is 29.9. The predicted molar refractivity (Wildman–Crippen MR) is 145 cm³/mol. The van der Waals surface area contributed by atoms with Gasteiger partial charge in [0.2, 0.25) is 50.4 Å². The average Bonchev–Trinajstić information content (AvgIpc) is 3.18. The van der Waals surface area contributed by atoms with Gasteiger partial charge in [0, 0.05) is 0 Å². The summed E-state index contributed by atoms with van der Waals surface area (Å²) < 4.78 is 95.7. The van der Waals surface area contributed by atoms with Gasteiger partial charge < -0.3 is 10.6 Å². The van der Waals surface area contributed by atoms with Crippen molar-refractivity contribution in [1.82, 2.24) is 10.2 Å². The Morgan fingerprint density at radius 2 is 0.821 bits per heavy atom. The Bertz CT molecular complexity index is 1830. The molecule has 0 atom stereocenters. The molecule has 3 aromatic rings. The van der Waals surface area contributed by atoms with Crippen LogP contribution in [-0.2, 0) is 40.1 Å². The van der Waals surface area contributed by atoms with Crippen LogP contribution >= 0.6 is 57.7 Å². The molecule has 0 bridgehead atoms. The molecule has 0 saturated heterocycles. The second kappa shape index (κ2) is 10.7. The van der Waals surface area contributed by atoms with E-state index in [1.165, 1.54) is 0 Å². The number of nitrogens with one attached hydrogen (secondary N) is 2. The fourth-order valence-corrected chi connectivity index (χ4v) is 7.97. The molecule has 0 fully saturated rings. The number of halogens is 4. The Morgan fingerprint density at radius 1 is 0.538 bits per heavy atom. The van der Waals surface area contributed by atoms with Crippen molar-refractivity contribution in [3.8, 4) is 0 Å². The SMILES string of the molecule is NS(=O)(=O)c1cc(S(N)(=O)=O)c(Nc2nnc(Nc3c(S(N)(=O)=O)cc(S(N)(=O)=O)c(Cl)c3Cl)s2)c(Cl)c1Cl. The molecule has 16 nitrogen and oxygen atoms in total. The lowest BCUT2D eigenvalue weighted by atomic mass is 10.3. The molecule has 0 spiro atoms. The van der Waals surface area contributed by atoms with E-state index < -0.39 is 91.1 Å². The summed E-state index contributed by atoms with van der Waals surface area (Å²) in [5.41, 5.74) is -0.994. The highest BCUT2D eigenvalue weighted by Crippen LogP contribution is 2.43. The van der Waals surface area contributed by atoms with Gasteiger partial charge in [-0.2, -0.15) is 0 Å². The van der Waals surface area contributed by atoms with Crippen molar-refractivity contribution in [1.29, 1.82) is 0 Å². The van der Waals surface area contributed by atoms with Crippen LogP contribution in [0, 0.1) is 0 Å². The van der Waals surface area contributed by atoms with Crippen molar-refractivity contribution in [2.45, 2.75) is 19.6 Å². The third-order valence-electron chi connectivity index (χ3n) is 4.39. The van der Waals surface area contributed by atoms with Crippen molar-refractivity contribution >= 4 is 119 Å². The maximum Gasteiger partial charge on any atom is 0.240 e. The van der Waals surface area contributed by atoms with Crippen molar-refractivity contribution in [2.75, 3.05) is 10.6 Å². The number of nitrogens with two attached hydrogens (primary N) is 4. The number of rotatable bonds is 8. The molecule has 0 saturated carbocycles. The maximum absolute atomic E-state index is 12.1. The van der Waals surface area contributed by atoms with E-state index in [1.54, 1.807) is 0 Å². The Kier molecular flexibility index (Phi) is 8.73. The predicted octanol–water partition coefficient (Wildman–Crippen LogP) is 1.23. The molecule has 25 heteroatoms. The van der Waals surface area contributed by atoms with Crippen molar-refractivity contribution < 1.29 is 33.7 Å². The van der Waals surface area contributed by atoms with E-state index in [2.05, 4.69) is 20.8 Å². The van der Waals surface area contributed by atoms with Crippen LogP contribution in [-0.4, -0.2) is 43.9 Å². The fourth-order valence-electron chi connectivity index (χ4n) is 2.80. The molecule has 2 aromatic carbocycles. The van der Waals surface area contributed by atoms with E-state index in [-0.39, 0.29) is 10.3 Å². The minimum Gasteiger partial charge on any atom is -0.328 e. The minimum atomic E-state index is -4.62. The second-order valence-corrected chi connectivity index (χ2v) is 15.7. The number of anilines is 4. The Hall–Kier alpha value is -1.60. The van der Waals surface area contributed by atoms with Gasteiger partial charge in [0.25, 0.3) is 0 Å². The third-order valence-corrected chi connectivity index (χ3v) is 10.8. The van der Waals surface area contributed by atoms with E-state index in [0.29, 0.717) is 23.5 Å². The van der Waals surface area contributed by atoms with Crippen LogP contribution < -0.4 is 31.2 Å². The van der Waals surface area contributed by atoms with E-state index in [1.807, 2.05) is 0 Å². The Labute approximate surface area is 244 Å². The smallest absolute Gasteiger partial charge is 0.240 e. The van der Waals surface area contributed by atoms with Crippen LogP contribution in [0.5, 0.6) is 0 Å². The number of benzene rings is 2. The number of hydrogen-bond donors (Lipinski definition) is 6. The lowest BCUT2D eigenvalue weighted by Gasteiger charge is -2.14. The molecule has 3 rings (SSSR count). The summed E-state index contributed by atoms with van der Waals surface area (Å²) in [6.07, 6.45) is 0. The maximum atomic E-state index is 12.1. The Morgan fingerprint density at radius 3 is 1.08 bits per heavy atom. The lowest BCUT2D eigenvalue weighted by molar-refractivity contribution is 0.592. The monoisotopic (exact) mass is 720 g/mol. The molecule has 1 aromatic heterocycles. The standard InChI is InChI=1S/C14H12Cl4N8O8S5/c15-7-3(36(19,27)28)1-5(38(21,31)32)11(9(7)17)23-13-25-26-14(35-13)24-12-6(39(22,33)34)2-4(37(20,29)30)8(16)10(12)18/h1-2H,(H,23,25)(H,24,26)(H2,19,27,28)(H2,20,29,30)(H2,21,31,32)(H2,22,33,34). The lowest BCUT2D eigenvalue weighted by Crippen LogP contribution is -2.18. The van der Waals surface area contributed by atoms with Crippen LogP contribution in [0.15, 0.2) is 31.7 Å². The van der Waals surface area contributed by atoms with E-state index in [9.17, 15) is 33.7 Å². The normalized spacial score (nSPS) is 12.9.